The van der Waals surface area contributed by atoms with Crippen LogP contribution in [0, 0.1) is 0 Å². The van der Waals surface area contributed by atoms with E-state index in [0.29, 0.717) is 0 Å². The molecule has 0 aromatic carbocycles. The van der Waals surface area contributed by atoms with Crippen LogP contribution in [0.3, 0.4) is 0 Å². The zero-order chi connectivity index (χ0) is 10.3. The molecule has 2 atom stereocenters. The van der Waals surface area contributed by atoms with Crippen LogP contribution in [0.15, 0.2) is 12.7 Å². The first-order chi connectivity index (χ1) is 6.13. The fourth-order valence-electron chi connectivity index (χ4n) is 0.750. The van der Waals surface area contributed by atoms with Crippen molar-refractivity contribution in [2.75, 3.05) is 13.2 Å². The molecule has 0 rings (SSSR count). The summed E-state index contributed by atoms with van der Waals surface area (Å²) in [7, 11) is 0. The van der Waals surface area contributed by atoms with Crippen LogP contribution in [-0.4, -0.2) is 46.7 Å². The van der Waals surface area contributed by atoms with Crippen molar-refractivity contribution in [1.29, 1.82) is 0 Å². The second kappa shape index (κ2) is 6.59. The van der Waals surface area contributed by atoms with Gasteiger partial charge in [-0.25, -0.2) is 4.79 Å². The number of esters is 1. The Bertz CT molecular complexity index is 168. The monoisotopic (exact) mass is 190 g/mol. The molecule has 5 heteroatoms. The summed E-state index contributed by atoms with van der Waals surface area (Å²) in [6, 6.07) is 0. The average Bonchev–Trinajstić information content (AvgIpc) is 2.16. The van der Waals surface area contributed by atoms with Gasteiger partial charge in [0.1, 0.15) is 6.10 Å². The van der Waals surface area contributed by atoms with Gasteiger partial charge in [-0.3, -0.25) is 0 Å². The van der Waals surface area contributed by atoms with E-state index in [9.17, 15) is 4.79 Å². The first-order valence-corrected chi connectivity index (χ1v) is 3.86. The largest absolute Gasteiger partial charge is 0.457 e. The zero-order valence-corrected chi connectivity index (χ0v) is 7.22. The van der Waals surface area contributed by atoms with Crippen LogP contribution in [0.25, 0.3) is 0 Å². The van der Waals surface area contributed by atoms with Gasteiger partial charge in [-0.15, -0.1) is 0 Å². The van der Waals surface area contributed by atoms with Crippen LogP contribution in [0.4, 0.5) is 0 Å². The van der Waals surface area contributed by atoms with E-state index in [2.05, 4.69) is 11.3 Å². The van der Waals surface area contributed by atoms with Crippen molar-refractivity contribution in [3.05, 3.63) is 12.7 Å². The minimum atomic E-state index is -0.991. The Balaban J connectivity index is 3.88. The lowest BCUT2D eigenvalue weighted by molar-refractivity contribution is -0.146. The van der Waals surface area contributed by atoms with E-state index in [-0.39, 0.29) is 6.42 Å². The number of carbonyl (C=O) groups excluding carboxylic acids is 1. The Morgan fingerprint density at radius 1 is 1.46 bits per heavy atom. The van der Waals surface area contributed by atoms with Crippen LogP contribution in [0.5, 0.6) is 0 Å². The molecule has 3 N–H and O–H groups in total. The summed E-state index contributed by atoms with van der Waals surface area (Å²) in [5.74, 6) is -0.663. The van der Waals surface area contributed by atoms with Gasteiger partial charge in [-0.1, -0.05) is 6.58 Å². The molecule has 13 heavy (non-hydrogen) atoms. The standard InChI is InChI=1S/C8H14O5/c1-2-8(12)13-7(5-10)3-6(11)4-9/h2,6-7,9-11H,1,3-5H2. The molecule has 0 heterocycles. The molecule has 76 valence electrons. The van der Waals surface area contributed by atoms with Gasteiger partial charge in [0.15, 0.2) is 0 Å². The molecule has 0 aromatic heterocycles. The molecular formula is C8H14O5. The molecule has 2 unspecified atom stereocenters. The van der Waals surface area contributed by atoms with Crippen LogP contribution < -0.4 is 0 Å². The Morgan fingerprint density at radius 3 is 2.46 bits per heavy atom. The molecule has 0 aromatic rings. The lowest BCUT2D eigenvalue weighted by Gasteiger charge is -2.16. The smallest absolute Gasteiger partial charge is 0.330 e. The maximum Gasteiger partial charge on any atom is 0.330 e. The SMILES string of the molecule is C=CC(=O)OC(CO)CC(O)CO. The van der Waals surface area contributed by atoms with E-state index in [1.165, 1.54) is 0 Å². The van der Waals surface area contributed by atoms with Gasteiger partial charge in [0, 0.05) is 12.5 Å². The third kappa shape index (κ3) is 5.35. The molecule has 5 nitrogen and oxygen atoms in total. The summed E-state index contributed by atoms with van der Waals surface area (Å²) in [6.45, 7) is 2.36. The number of hydrogen-bond acceptors (Lipinski definition) is 5. The zero-order valence-electron chi connectivity index (χ0n) is 7.22. The van der Waals surface area contributed by atoms with E-state index in [1.807, 2.05) is 0 Å². The second-order valence-electron chi connectivity index (χ2n) is 2.52. The highest BCUT2D eigenvalue weighted by Gasteiger charge is 2.15. The molecule has 0 saturated heterocycles. The fourth-order valence-corrected chi connectivity index (χ4v) is 0.750. The topological polar surface area (TPSA) is 87.0 Å². The van der Waals surface area contributed by atoms with Gasteiger partial charge in [0.2, 0.25) is 0 Å². The Hall–Kier alpha value is -0.910. The maximum atomic E-state index is 10.7. The normalized spacial score (nSPS) is 14.7. The summed E-state index contributed by atoms with van der Waals surface area (Å²) in [5.41, 5.74) is 0. The lowest BCUT2D eigenvalue weighted by atomic mass is 10.2. The predicted molar refractivity (Wildman–Crippen MR) is 44.9 cm³/mol. The van der Waals surface area contributed by atoms with E-state index in [0.717, 1.165) is 6.08 Å². The summed E-state index contributed by atoms with van der Waals surface area (Å²) in [4.78, 5) is 10.7. The van der Waals surface area contributed by atoms with Gasteiger partial charge in [-0.2, -0.15) is 0 Å². The quantitative estimate of drug-likeness (QED) is 0.362. The predicted octanol–water partition coefficient (Wildman–Crippen LogP) is -1.18. The van der Waals surface area contributed by atoms with Crippen LogP contribution in [0.1, 0.15) is 6.42 Å². The Kier molecular flexibility index (Phi) is 6.13. The average molecular weight is 190 g/mol. The third-order valence-electron chi connectivity index (χ3n) is 1.40. The van der Waals surface area contributed by atoms with Crippen LogP contribution in [-0.2, 0) is 9.53 Å². The molecule has 0 saturated carbocycles. The highest BCUT2D eigenvalue weighted by molar-refractivity contribution is 5.81. The van der Waals surface area contributed by atoms with Crippen molar-refractivity contribution >= 4 is 5.97 Å². The van der Waals surface area contributed by atoms with E-state index >= 15 is 0 Å². The Labute approximate surface area is 76.3 Å². The van der Waals surface area contributed by atoms with Gasteiger partial charge >= 0.3 is 5.97 Å². The maximum absolute atomic E-state index is 10.7. The van der Waals surface area contributed by atoms with Crippen LogP contribution >= 0.6 is 0 Å². The van der Waals surface area contributed by atoms with Gasteiger partial charge < -0.3 is 20.1 Å². The highest BCUT2D eigenvalue weighted by atomic mass is 16.6. The number of ether oxygens (including phenoxy) is 1. The van der Waals surface area contributed by atoms with Gasteiger partial charge in [0.25, 0.3) is 0 Å². The molecule has 0 fully saturated rings. The number of hydrogen-bond donors (Lipinski definition) is 3. The minimum absolute atomic E-state index is 0.00653. The van der Waals surface area contributed by atoms with Gasteiger partial charge in [0.05, 0.1) is 19.3 Å². The lowest BCUT2D eigenvalue weighted by Crippen LogP contribution is -2.28. The summed E-state index contributed by atoms with van der Waals surface area (Å²) in [5, 5.41) is 26.2. The van der Waals surface area contributed by atoms with Crippen molar-refractivity contribution in [1.82, 2.24) is 0 Å². The molecule has 0 spiro atoms. The molecule has 0 radical (unpaired) electrons. The summed E-state index contributed by atoms with van der Waals surface area (Å²) < 4.78 is 4.64. The highest BCUT2D eigenvalue weighted by Crippen LogP contribution is 2.02. The number of carbonyl (C=O) groups is 1. The number of aliphatic hydroxyl groups is 3. The molecule has 0 amide bonds. The summed E-state index contributed by atoms with van der Waals surface area (Å²) >= 11 is 0. The summed E-state index contributed by atoms with van der Waals surface area (Å²) in [6.07, 6.45) is -0.817. The molecule has 0 aliphatic carbocycles. The van der Waals surface area contributed by atoms with E-state index in [4.69, 9.17) is 15.3 Å². The van der Waals surface area contributed by atoms with Crippen LogP contribution in [0.2, 0.25) is 0 Å². The van der Waals surface area contributed by atoms with Crippen molar-refractivity contribution in [2.45, 2.75) is 18.6 Å². The third-order valence-corrected chi connectivity index (χ3v) is 1.40. The second-order valence-corrected chi connectivity index (χ2v) is 2.52. The van der Waals surface area contributed by atoms with E-state index < -0.39 is 31.4 Å². The van der Waals surface area contributed by atoms with Gasteiger partial charge in [-0.05, 0) is 0 Å². The van der Waals surface area contributed by atoms with Crippen molar-refractivity contribution < 1.29 is 24.9 Å². The minimum Gasteiger partial charge on any atom is -0.457 e. The molecule has 0 aliphatic heterocycles. The van der Waals surface area contributed by atoms with E-state index in [1.54, 1.807) is 0 Å². The van der Waals surface area contributed by atoms with Crippen molar-refractivity contribution in [2.24, 2.45) is 0 Å². The van der Waals surface area contributed by atoms with Crippen molar-refractivity contribution in [3.8, 4) is 0 Å². The molecule has 0 bridgehead atoms. The molecule has 0 aliphatic rings. The Morgan fingerprint density at radius 2 is 2.08 bits per heavy atom. The fraction of sp³-hybridized carbons (Fsp3) is 0.625. The number of aliphatic hydroxyl groups excluding tert-OH is 3. The molecular weight excluding hydrogens is 176 g/mol. The van der Waals surface area contributed by atoms with Crippen molar-refractivity contribution in [3.63, 3.8) is 0 Å². The number of rotatable bonds is 6. The first-order valence-electron chi connectivity index (χ1n) is 3.86. The first kappa shape index (κ1) is 12.1.